The molecule has 0 saturated carbocycles. The molecule has 0 aliphatic carbocycles. The largest absolute Gasteiger partial charge is 0.444 e. The van der Waals surface area contributed by atoms with Crippen LogP contribution in [0.15, 0.2) is 30.3 Å². The molecule has 0 radical (unpaired) electrons. The fraction of sp³-hybridized carbons (Fsp3) is 0.556. The van der Waals surface area contributed by atoms with Gasteiger partial charge in [0, 0.05) is 25.7 Å². The highest BCUT2D eigenvalue weighted by atomic mass is 32.1. The van der Waals surface area contributed by atoms with Crippen LogP contribution in [0.2, 0.25) is 0 Å². The Balaban J connectivity index is 1.69. The molecule has 1 aromatic carbocycles. The first-order valence-electron chi connectivity index (χ1n) is 8.40. The van der Waals surface area contributed by atoms with E-state index in [1.165, 1.54) is 5.56 Å². The maximum absolute atomic E-state index is 12.0. The lowest BCUT2D eigenvalue weighted by Gasteiger charge is -2.34. The maximum Gasteiger partial charge on any atom is 0.410 e. The molecule has 0 atom stereocenters. The molecular formula is C18H27N3O2S. The molecule has 1 aliphatic heterocycles. The van der Waals surface area contributed by atoms with Crippen molar-refractivity contribution in [2.75, 3.05) is 13.1 Å². The minimum Gasteiger partial charge on any atom is -0.444 e. The molecule has 1 saturated heterocycles. The van der Waals surface area contributed by atoms with Gasteiger partial charge in [0.05, 0.1) is 0 Å². The smallest absolute Gasteiger partial charge is 0.410 e. The summed E-state index contributed by atoms with van der Waals surface area (Å²) < 4.78 is 5.41. The van der Waals surface area contributed by atoms with Crippen molar-refractivity contribution in [3.8, 4) is 0 Å². The summed E-state index contributed by atoms with van der Waals surface area (Å²) in [7, 11) is 0. The van der Waals surface area contributed by atoms with Crippen LogP contribution in [0.25, 0.3) is 0 Å². The number of thiocarbonyl (C=S) groups is 1. The van der Waals surface area contributed by atoms with E-state index < -0.39 is 5.60 Å². The second-order valence-corrected chi connectivity index (χ2v) is 7.46. The number of carbonyl (C=O) groups is 1. The Morgan fingerprint density at radius 3 is 2.46 bits per heavy atom. The highest BCUT2D eigenvalue weighted by molar-refractivity contribution is 7.80. The van der Waals surface area contributed by atoms with Gasteiger partial charge < -0.3 is 20.3 Å². The van der Waals surface area contributed by atoms with Gasteiger partial charge in [0.25, 0.3) is 0 Å². The number of ether oxygens (including phenoxy) is 1. The van der Waals surface area contributed by atoms with Crippen molar-refractivity contribution in [3.05, 3.63) is 35.9 Å². The van der Waals surface area contributed by atoms with Gasteiger partial charge in [0.15, 0.2) is 5.11 Å². The Morgan fingerprint density at radius 2 is 1.88 bits per heavy atom. The van der Waals surface area contributed by atoms with Crippen molar-refractivity contribution >= 4 is 23.4 Å². The van der Waals surface area contributed by atoms with Crippen LogP contribution in [0, 0.1) is 0 Å². The van der Waals surface area contributed by atoms with Crippen molar-refractivity contribution < 1.29 is 9.53 Å². The van der Waals surface area contributed by atoms with Gasteiger partial charge in [-0.25, -0.2) is 4.79 Å². The van der Waals surface area contributed by atoms with Gasteiger partial charge in [0.2, 0.25) is 0 Å². The molecule has 0 bridgehead atoms. The predicted molar refractivity (Wildman–Crippen MR) is 99.8 cm³/mol. The van der Waals surface area contributed by atoms with E-state index >= 15 is 0 Å². The van der Waals surface area contributed by atoms with Crippen LogP contribution in [-0.2, 0) is 11.3 Å². The van der Waals surface area contributed by atoms with E-state index in [0.29, 0.717) is 30.8 Å². The molecule has 1 aromatic rings. The van der Waals surface area contributed by atoms with Gasteiger partial charge in [-0.2, -0.15) is 0 Å². The summed E-state index contributed by atoms with van der Waals surface area (Å²) in [4.78, 5) is 13.8. The number of likely N-dealkylation sites (tertiary alicyclic amines) is 1. The standard InChI is InChI=1S/C18H27N3O2S/c1-18(2,3)23-17(22)21-11-9-15(10-12-21)20-16(24)19-13-14-7-5-4-6-8-14/h4-8,15H,9-13H2,1-3H3,(H2,19,20,24). The minimum absolute atomic E-state index is 0.231. The Labute approximate surface area is 149 Å². The Morgan fingerprint density at radius 1 is 1.25 bits per heavy atom. The number of carbonyl (C=O) groups excluding carboxylic acids is 1. The number of piperidine rings is 1. The molecule has 132 valence electrons. The van der Waals surface area contributed by atoms with Crippen molar-refractivity contribution in [2.45, 2.75) is 51.8 Å². The molecule has 24 heavy (non-hydrogen) atoms. The summed E-state index contributed by atoms with van der Waals surface area (Å²) in [5.41, 5.74) is 0.746. The van der Waals surface area contributed by atoms with E-state index in [1.54, 1.807) is 4.90 Å². The van der Waals surface area contributed by atoms with Gasteiger partial charge in [0.1, 0.15) is 5.60 Å². The topological polar surface area (TPSA) is 53.6 Å². The van der Waals surface area contributed by atoms with Crippen LogP contribution in [0.4, 0.5) is 4.79 Å². The SMILES string of the molecule is CC(C)(C)OC(=O)N1CCC(NC(=S)NCc2ccccc2)CC1. The molecule has 0 aromatic heterocycles. The lowest BCUT2D eigenvalue weighted by atomic mass is 10.1. The van der Waals surface area contributed by atoms with Crippen LogP contribution >= 0.6 is 12.2 Å². The van der Waals surface area contributed by atoms with Crippen molar-refractivity contribution in [1.82, 2.24) is 15.5 Å². The summed E-state index contributed by atoms with van der Waals surface area (Å²) >= 11 is 5.36. The summed E-state index contributed by atoms with van der Waals surface area (Å²) in [6.45, 7) is 7.74. The summed E-state index contributed by atoms with van der Waals surface area (Å²) in [6.07, 6.45) is 1.50. The average Bonchev–Trinajstić information content (AvgIpc) is 2.53. The quantitative estimate of drug-likeness (QED) is 0.822. The highest BCUT2D eigenvalue weighted by Gasteiger charge is 2.26. The first-order chi connectivity index (χ1) is 11.3. The lowest BCUT2D eigenvalue weighted by Crippen LogP contribution is -2.49. The Bertz CT molecular complexity index is 549. The number of nitrogens with zero attached hydrogens (tertiary/aromatic N) is 1. The molecule has 0 spiro atoms. The summed E-state index contributed by atoms with van der Waals surface area (Å²) in [5.74, 6) is 0. The molecule has 5 nitrogen and oxygen atoms in total. The van der Waals surface area contributed by atoms with Gasteiger partial charge >= 0.3 is 6.09 Å². The third-order valence-electron chi connectivity index (χ3n) is 3.78. The minimum atomic E-state index is -0.449. The number of rotatable bonds is 3. The second kappa shape index (κ2) is 8.33. The molecule has 6 heteroatoms. The number of benzene rings is 1. The number of nitrogens with one attached hydrogen (secondary N) is 2. The van der Waals surface area contributed by atoms with Crippen LogP contribution in [0.1, 0.15) is 39.2 Å². The molecule has 0 unspecified atom stereocenters. The Hall–Kier alpha value is -1.82. The Kier molecular flexibility index (Phi) is 6.43. The summed E-state index contributed by atoms with van der Waals surface area (Å²) in [5, 5.41) is 7.23. The highest BCUT2D eigenvalue weighted by Crippen LogP contribution is 2.15. The zero-order chi connectivity index (χ0) is 17.6. The molecule has 1 amide bonds. The van der Waals surface area contributed by atoms with Crippen LogP contribution in [-0.4, -0.2) is 40.8 Å². The van der Waals surface area contributed by atoms with E-state index in [2.05, 4.69) is 22.8 Å². The van der Waals surface area contributed by atoms with E-state index in [1.807, 2.05) is 39.0 Å². The van der Waals surface area contributed by atoms with E-state index in [4.69, 9.17) is 17.0 Å². The zero-order valence-corrected chi connectivity index (χ0v) is 15.5. The fourth-order valence-corrected chi connectivity index (χ4v) is 2.79. The van der Waals surface area contributed by atoms with E-state index in [-0.39, 0.29) is 6.09 Å². The molecule has 2 N–H and O–H groups in total. The third-order valence-corrected chi connectivity index (χ3v) is 4.04. The van der Waals surface area contributed by atoms with Crippen molar-refractivity contribution in [1.29, 1.82) is 0 Å². The number of hydrogen-bond acceptors (Lipinski definition) is 3. The predicted octanol–water partition coefficient (Wildman–Crippen LogP) is 3.05. The molecule has 2 rings (SSSR count). The van der Waals surface area contributed by atoms with Gasteiger partial charge in [-0.15, -0.1) is 0 Å². The van der Waals surface area contributed by atoms with Crippen LogP contribution < -0.4 is 10.6 Å². The van der Waals surface area contributed by atoms with Gasteiger partial charge in [-0.3, -0.25) is 0 Å². The van der Waals surface area contributed by atoms with Crippen molar-refractivity contribution in [2.24, 2.45) is 0 Å². The zero-order valence-electron chi connectivity index (χ0n) is 14.7. The first-order valence-corrected chi connectivity index (χ1v) is 8.80. The first kappa shape index (κ1) is 18.5. The monoisotopic (exact) mass is 349 g/mol. The second-order valence-electron chi connectivity index (χ2n) is 7.05. The number of amides is 1. The normalized spacial score (nSPS) is 15.7. The van der Waals surface area contributed by atoms with Gasteiger partial charge in [-0.05, 0) is 51.4 Å². The molecule has 1 fully saturated rings. The third kappa shape index (κ3) is 6.35. The molecule has 1 aliphatic rings. The van der Waals surface area contributed by atoms with E-state index in [9.17, 15) is 4.79 Å². The lowest BCUT2D eigenvalue weighted by molar-refractivity contribution is 0.0202. The van der Waals surface area contributed by atoms with Crippen LogP contribution in [0.3, 0.4) is 0 Å². The molecular weight excluding hydrogens is 322 g/mol. The fourth-order valence-electron chi connectivity index (χ4n) is 2.55. The average molecular weight is 350 g/mol. The molecule has 1 heterocycles. The van der Waals surface area contributed by atoms with E-state index in [0.717, 1.165) is 12.8 Å². The maximum atomic E-state index is 12.0. The van der Waals surface area contributed by atoms with Crippen molar-refractivity contribution in [3.63, 3.8) is 0 Å². The number of hydrogen-bond donors (Lipinski definition) is 2. The van der Waals surface area contributed by atoms with Crippen LogP contribution in [0.5, 0.6) is 0 Å². The van der Waals surface area contributed by atoms with Gasteiger partial charge in [-0.1, -0.05) is 30.3 Å². The summed E-state index contributed by atoms with van der Waals surface area (Å²) in [6, 6.07) is 10.4.